The topological polar surface area (TPSA) is 86.1 Å². The lowest BCUT2D eigenvalue weighted by Crippen LogP contribution is -2.21. The van der Waals surface area contributed by atoms with Crippen LogP contribution >= 0.6 is 11.3 Å². The third-order valence-corrected chi connectivity index (χ3v) is 5.75. The summed E-state index contributed by atoms with van der Waals surface area (Å²) in [5.41, 5.74) is 0.357. The molecule has 0 fully saturated rings. The lowest BCUT2D eigenvalue weighted by atomic mass is 10.1. The number of fused-ring (bicyclic) bond motifs is 1. The zero-order valence-electron chi connectivity index (χ0n) is 16.9. The molecule has 0 saturated carbocycles. The Labute approximate surface area is 173 Å². The second-order valence-corrected chi connectivity index (χ2v) is 8.00. The predicted octanol–water partition coefficient (Wildman–Crippen LogP) is 4.17. The summed E-state index contributed by atoms with van der Waals surface area (Å²) < 4.78 is 46.2. The van der Waals surface area contributed by atoms with Crippen molar-refractivity contribution in [3.63, 3.8) is 0 Å². The van der Waals surface area contributed by atoms with Crippen molar-refractivity contribution in [3.05, 3.63) is 39.0 Å². The first-order valence-electron chi connectivity index (χ1n) is 8.84. The molecule has 3 rings (SSSR count). The number of rotatable bonds is 4. The number of nitrogens with one attached hydrogen (secondary N) is 1. The fourth-order valence-electron chi connectivity index (χ4n) is 3.18. The van der Waals surface area contributed by atoms with E-state index in [-0.39, 0.29) is 34.5 Å². The van der Waals surface area contributed by atoms with Gasteiger partial charge in [-0.2, -0.15) is 18.3 Å². The Kier molecular flexibility index (Phi) is 5.59. The molecule has 0 spiro atoms. The van der Waals surface area contributed by atoms with E-state index >= 15 is 0 Å². The average Bonchev–Trinajstić information content (AvgIpc) is 3.09. The van der Waals surface area contributed by atoms with Crippen molar-refractivity contribution in [1.82, 2.24) is 14.8 Å². The maximum Gasteiger partial charge on any atom is 0.417 e. The minimum absolute atomic E-state index is 0.0262. The van der Waals surface area contributed by atoms with Crippen LogP contribution in [-0.2, 0) is 22.3 Å². The molecule has 0 aliphatic heterocycles. The lowest BCUT2D eigenvalue weighted by molar-refractivity contribution is -0.136. The zero-order valence-corrected chi connectivity index (χ0v) is 17.7. The molecule has 0 aliphatic rings. The fourth-order valence-corrected chi connectivity index (χ4v) is 4.24. The van der Waals surface area contributed by atoms with Crippen molar-refractivity contribution in [3.8, 4) is 0 Å². The quantitative estimate of drug-likeness (QED) is 0.616. The van der Waals surface area contributed by atoms with Gasteiger partial charge in [0.25, 0.3) is 0 Å². The number of pyridine rings is 1. The smallest absolute Gasteiger partial charge is 0.417 e. The maximum absolute atomic E-state index is 13.4. The van der Waals surface area contributed by atoms with Crippen molar-refractivity contribution in [2.45, 2.75) is 40.4 Å². The Balaban J connectivity index is 1.97. The van der Waals surface area contributed by atoms with Crippen molar-refractivity contribution >= 4 is 39.2 Å². The SMILES string of the molecule is COC(=O)c1c(NC(=O)Cn2nc(C)c3c(C(F)(F)F)cc(C)nc32)sc(C)c1C. The molecule has 0 radical (unpaired) electrons. The van der Waals surface area contributed by atoms with Gasteiger partial charge in [-0.1, -0.05) is 0 Å². The van der Waals surface area contributed by atoms with Crippen molar-refractivity contribution in [1.29, 1.82) is 0 Å². The summed E-state index contributed by atoms with van der Waals surface area (Å²) in [6.45, 7) is 6.06. The summed E-state index contributed by atoms with van der Waals surface area (Å²) in [5, 5.41) is 6.90. The van der Waals surface area contributed by atoms with Crippen LogP contribution in [0.1, 0.15) is 37.7 Å². The third-order valence-electron chi connectivity index (χ3n) is 4.63. The number of alkyl halides is 3. The number of ether oxygens (including phenoxy) is 1. The molecule has 0 atom stereocenters. The Morgan fingerprint density at radius 3 is 2.50 bits per heavy atom. The largest absolute Gasteiger partial charge is 0.465 e. The molecule has 0 unspecified atom stereocenters. The number of nitrogens with zero attached hydrogens (tertiary/aromatic N) is 3. The number of carbonyl (C=O) groups excluding carboxylic acids is 2. The van der Waals surface area contributed by atoms with E-state index < -0.39 is 23.6 Å². The molecular formula is C19H19F3N4O3S. The van der Waals surface area contributed by atoms with Crippen molar-refractivity contribution in [2.75, 3.05) is 12.4 Å². The van der Waals surface area contributed by atoms with Crippen LogP contribution < -0.4 is 5.32 Å². The molecule has 0 aliphatic carbocycles. The number of aromatic nitrogens is 3. The Hall–Kier alpha value is -2.95. The van der Waals surface area contributed by atoms with Gasteiger partial charge in [0.05, 0.1) is 29.3 Å². The summed E-state index contributed by atoms with van der Waals surface area (Å²) in [6.07, 6.45) is -4.58. The number of thiophene rings is 1. The van der Waals surface area contributed by atoms with Gasteiger partial charge in [-0.05, 0) is 39.3 Å². The third kappa shape index (κ3) is 3.89. The number of hydrogen-bond donors (Lipinski definition) is 1. The van der Waals surface area contributed by atoms with Gasteiger partial charge >= 0.3 is 12.1 Å². The standard InChI is InChI=1S/C19H19F3N4O3S/c1-8-6-12(19(20,21)22)15-10(3)25-26(16(15)23-8)7-13(27)24-17-14(18(28)29-5)9(2)11(4)30-17/h6H,7H2,1-5H3,(H,24,27). The highest BCUT2D eigenvalue weighted by atomic mass is 32.1. The lowest BCUT2D eigenvalue weighted by Gasteiger charge is -2.10. The number of hydrogen-bond acceptors (Lipinski definition) is 6. The van der Waals surface area contributed by atoms with Crippen molar-refractivity contribution < 1.29 is 27.5 Å². The van der Waals surface area contributed by atoms with Gasteiger partial charge in [0.15, 0.2) is 5.65 Å². The van der Waals surface area contributed by atoms with Crippen LogP contribution in [0.4, 0.5) is 18.2 Å². The van der Waals surface area contributed by atoms with Crippen LogP contribution in [0.15, 0.2) is 6.07 Å². The number of halogens is 3. The summed E-state index contributed by atoms with van der Waals surface area (Å²) >= 11 is 1.21. The molecule has 0 aromatic carbocycles. The van der Waals surface area contributed by atoms with Crippen LogP contribution in [0.5, 0.6) is 0 Å². The van der Waals surface area contributed by atoms with Crippen molar-refractivity contribution in [2.24, 2.45) is 0 Å². The first kappa shape index (κ1) is 21.8. The number of carbonyl (C=O) groups is 2. The molecule has 7 nitrogen and oxygen atoms in total. The van der Waals surface area contributed by atoms with E-state index in [1.807, 2.05) is 0 Å². The van der Waals surface area contributed by atoms with E-state index in [0.29, 0.717) is 10.6 Å². The molecule has 3 heterocycles. The number of aryl methyl sites for hydroxylation is 3. The molecule has 30 heavy (non-hydrogen) atoms. The van der Waals surface area contributed by atoms with E-state index in [4.69, 9.17) is 4.74 Å². The molecule has 1 amide bonds. The zero-order chi connectivity index (χ0) is 22.4. The van der Waals surface area contributed by atoms with E-state index in [1.54, 1.807) is 13.8 Å². The highest BCUT2D eigenvalue weighted by Crippen LogP contribution is 2.36. The van der Waals surface area contributed by atoms with Crippen LogP contribution in [0.25, 0.3) is 11.0 Å². The van der Waals surface area contributed by atoms with Crippen LogP contribution in [-0.4, -0.2) is 33.8 Å². The molecular weight excluding hydrogens is 421 g/mol. The molecule has 160 valence electrons. The number of methoxy groups -OCH3 is 1. The first-order chi connectivity index (χ1) is 13.9. The Bertz CT molecular complexity index is 1160. The molecule has 1 N–H and O–H groups in total. The summed E-state index contributed by atoms with van der Waals surface area (Å²) in [5.74, 6) is -1.14. The second-order valence-electron chi connectivity index (χ2n) is 6.78. The van der Waals surface area contributed by atoms with E-state index in [2.05, 4.69) is 15.4 Å². The highest BCUT2D eigenvalue weighted by Gasteiger charge is 2.35. The Morgan fingerprint density at radius 2 is 1.90 bits per heavy atom. The molecule has 3 aromatic heterocycles. The van der Waals surface area contributed by atoms with E-state index in [0.717, 1.165) is 15.6 Å². The van der Waals surface area contributed by atoms with E-state index in [1.165, 1.54) is 32.3 Å². The monoisotopic (exact) mass is 440 g/mol. The minimum Gasteiger partial charge on any atom is -0.465 e. The van der Waals surface area contributed by atoms with Gasteiger partial charge in [-0.3, -0.25) is 4.79 Å². The highest BCUT2D eigenvalue weighted by molar-refractivity contribution is 7.16. The maximum atomic E-state index is 13.4. The fraction of sp³-hybridized carbons (Fsp3) is 0.368. The van der Waals surface area contributed by atoms with E-state index in [9.17, 15) is 22.8 Å². The molecule has 0 saturated heterocycles. The Morgan fingerprint density at radius 1 is 1.23 bits per heavy atom. The summed E-state index contributed by atoms with van der Waals surface area (Å²) in [7, 11) is 1.24. The summed E-state index contributed by atoms with van der Waals surface area (Å²) in [6, 6.07) is 0.960. The van der Waals surface area contributed by atoms with Gasteiger partial charge in [0, 0.05) is 10.6 Å². The molecule has 11 heteroatoms. The minimum atomic E-state index is -4.58. The molecule has 0 bridgehead atoms. The second kappa shape index (κ2) is 7.71. The van der Waals surface area contributed by atoms with Gasteiger partial charge in [0.1, 0.15) is 11.5 Å². The van der Waals surface area contributed by atoms with Crippen LogP contribution in [0.2, 0.25) is 0 Å². The summed E-state index contributed by atoms with van der Waals surface area (Å²) in [4.78, 5) is 29.7. The van der Waals surface area contributed by atoms with Gasteiger partial charge < -0.3 is 10.1 Å². The van der Waals surface area contributed by atoms with Gasteiger partial charge in [0.2, 0.25) is 5.91 Å². The van der Waals surface area contributed by atoms with Crippen LogP contribution in [0.3, 0.4) is 0 Å². The first-order valence-corrected chi connectivity index (χ1v) is 9.65. The molecule has 3 aromatic rings. The number of amides is 1. The number of anilines is 1. The normalized spacial score (nSPS) is 11.7. The average molecular weight is 440 g/mol. The number of esters is 1. The van der Waals surface area contributed by atoms with Crippen LogP contribution in [0, 0.1) is 27.7 Å². The van der Waals surface area contributed by atoms with Gasteiger partial charge in [-0.15, -0.1) is 11.3 Å². The van der Waals surface area contributed by atoms with Gasteiger partial charge in [-0.25, -0.2) is 14.5 Å². The predicted molar refractivity (Wildman–Crippen MR) is 106 cm³/mol.